The maximum absolute atomic E-state index is 10.9. The van der Waals surface area contributed by atoms with Gasteiger partial charge in [0, 0.05) is 0 Å². The molecule has 76 valence electrons. The molecule has 0 spiro atoms. The first-order valence-corrected chi connectivity index (χ1v) is 4.25. The normalized spacial score (nSPS) is 11.9. The van der Waals surface area contributed by atoms with Crippen molar-refractivity contribution in [2.24, 2.45) is 5.73 Å². The average Bonchev–Trinajstić information content (AvgIpc) is 2.26. The maximum Gasteiger partial charge on any atom is 0.326 e. The van der Waals surface area contributed by atoms with Crippen molar-refractivity contribution in [3.63, 3.8) is 0 Å². The van der Waals surface area contributed by atoms with Crippen LogP contribution in [-0.2, 0) is 9.53 Å². The van der Waals surface area contributed by atoms with E-state index >= 15 is 0 Å². The second-order valence-corrected chi connectivity index (χ2v) is 2.75. The Labute approximate surface area is 82.6 Å². The van der Waals surface area contributed by atoms with Crippen LogP contribution in [-0.4, -0.2) is 25.7 Å². The summed E-state index contributed by atoms with van der Waals surface area (Å²) < 4.78 is 9.72. The summed E-state index contributed by atoms with van der Waals surface area (Å²) in [6.45, 7) is 0.122. The van der Waals surface area contributed by atoms with E-state index in [1.165, 1.54) is 7.11 Å². The Morgan fingerprint density at radius 2 is 2.07 bits per heavy atom. The number of nitrogens with two attached hydrogens (primary N) is 1. The summed E-state index contributed by atoms with van der Waals surface area (Å²) in [6.07, 6.45) is 0. The van der Waals surface area contributed by atoms with Crippen LogP contribution in [0.2, 0.25) is 0 Å². The highest BCUT2D eigenvalue weighted by Crippen LogP contribution is 2.08. The van der Waals surface area contributed by atoms with Crippen molar-refractivity contribution in [1.29, 1.82) is 0 Å². The van der Waals surface area contributed by atoms with Gasteiger partial charge in [-0.15, -0.1) is 0 Å². The molecule has 2 N–H and O–H groups in total. The van der Waals surface area contributed by atoms with Gasteiger partial charge >= 0.3 is 5.97 Å². The molecule has 0 bridgehead atoms. The van der Waals surface area contributed by atoms with Crippen LogP contribution in [0.15, 0.2) is 30.3 Å². The number of carbonyl (C=O) groups is 1. The van der Waals surface area contributed by atoms with Gasteiger partial charge < -0.3 is 15.2 Å². The Hall–Kier alpha value is -1.55. The SMILES string of the molecule is COC(=O)[C@@H](N)COc1ccccc1. The second kappa shape index (κ2) is 5.24. The van der Waals surface area contributed by atoms with Crippen LogP contribution in [0.5, 0.6) is 5.75 Å². The van der Waals surface area contributed by atoms with E-state index in [0.29, 0.717) is 5.75 Å². The summed E-state index contributed by atoms with van der Waals surface area (Å²) in [4.78, 5) is 10.9. The Morgan fingerprint density at radius 3 is 2.64 bits per heavy atom. The van der Waals surface area contributed by atoms with E-state index in [-0.39, 0.29) is 6.61 Å². The lowest BCUT2D eigenvalue weighted by Gasteiger charge is -2.10. The Balaban J connectivity index is 2.38. The number of para-hydroxylation sites is 1. The van der Waals surface area contributed by atoms with E-state index in [9.17, 15) is 4.79 Å². The van der Waals surface area contributed by atoms with E-state index in [4.69, 9.17) is 10.5 Å². The molecule has 1 atom stereocenters. The molecule has 1 rings (SSSR count). The Kier molecular flexibility index (Phi) is 3.94. The molecule has 0 aliphatic carbocycles. The quantitative estimate of drug-likeness (QED) is 0.713. The molecule has 0 saturated carbocycles. The van der Waals surface area contributed by atoms with Gasteiger partial charge in [-0.25, -0.2) is 0 Å². The van der Waals surface area contributed by atoms with Crippen molar-refractivity contribution in [1.82, 2.24) is 0 Å². The van der Waals surface area contributed by atoms with Crippen molar-refractivity contribution in [2.75, 3.05) is 13.7 Å². The third-order valence-electron chi connectivity index (χ3n) is 1.68. The maximum atomic E-state index is 10.9. The summed E-state index contributed by atoms with van der Waals surface area (Å²) >= 11 is 0. The highest BCUT2D eigenvalue weighted by Gasteiger charge is 2.13. The topological polar surface area (TPSA) is 61.5 Å². The molecule has 0 unspecified atom stereocenters. The van der Waals surface area contributed by atoms with E-state index in [1.807, 2.05) is 18.2 Å². The summed E-state index contributed by atoms with van der Waals surface area (Å²) in [5.41, 5.74) is 5.48. The van der Waals surface area contributed by atoms with Crippen LogP contribution in [0.3, 0.4) is 0 Å². The number of methoxy groups -OCH3 is 1. The minimum atomic E-state index is -0.736. The standard InChI is InChI=1S/C10H13NO3/c1-13-10(12)9(11)7-14-8-5-3-2-4-6-8/h2-6,9H,7,11H2,1H3/t9-/m0/s1. The Morgan fingerprint density at radius 1 is 1.43 bits per heavy atom. The fourth-order valence-corrected chi connectivity index (χ4v) is 0.922. The third kappa shape index (κ3) is 3.06. The van der Waals surface area contributed by atoms with Gasteiger partial charge in [-0.3, -0.25) is 4.79 Å². The number of benzene rings is 1. The summed E-state index contributed by atoms with van der Waals surface area (Å²) in [6, 6.07) is 8.43. The van der Waals surface area contributed by atoms with Gasteiger partial charge in [-0.1, -0.05) is 18.2 Å². The molecule has 0 aromatic heterocycles. The zero-order valence-electron chi connectivity index (χ0n) is 7.97. The molecule has 14 heavy (non-hydrogen) atoms. The highest BCUT2D eigenvalue weighted by molar-refractivity contribution is 5.75. The Bertz CT molecular complexity index is 287. The molecule has 4 nitrogen and oxygen atoms in total. The van der Waals surface area contributed by atoms with E-state index in [0.717, 1.165) is 0 Å². The predicted molar refractivity (Wildman–Crippen MR) is 51.9 cm³/mol. The van der Waals surface area contributed by atoms with Gasteiger partial charge in [0.1, 0.15) is 18.4 Å². The van der Waals surface area contributed by atoms with Crippen LogP contribution in [0.1, 0.15) is 0 Å². The molecule has 0 fully saturated rings. The zero-order valence-corrected chi connectivity index (χ0v) is 7.97. The molecule has 1 aromatic carbocycles. The smallest absolute Gasteiger partial charge is 0.326 e. The number of hydrogen-bond acceptors (Lipinski definition) is 4. The number of esters is 1. The molecule has 0 radical (unpaired) electrons. The molecule has 0 aliphatic heterocycles. The largest absolute Gasteiger partial charge is 0.491 e. The first-order valence-electron chi connectivity index (χ1n) is 4.25. The second-order valence-electron chi connectivity index (χ2n) is 2.75. The molecular weight excluding hydrogens is 182 g/mol. The van der Waals surface area contributed by atoms with Gasteiger partial charge in [-0.2, -0.15) is 0 Å². The van der Waals surface area contributed by atoms with E-state index in [1.54, 1.807) is 12.1 Å². The molecule has 4 heteroatoms. The zero-order chi connectivity index (χ0) is 10.4. The number of ether oxygens (including phenoxy) is 2. The predicted octanol–water partition coefficient (Wildman–Crippen LogP) is 0.566. The van der Waals surface area contributed by atoms with E-state index < -0.39 is 12.0 Å². The molecule has 0 saturated heterocycles. The van der Waals surface area contributed by atoms with Crippen LogP contribution < -0.4 is 10.5 Å². The molecule has 1 aromatic rings. The van der Waals surface area contributed by atoms with Crippen molar-refractivity contribution in [3.8, 4) is 5.75 Å². The van der Waals surface area contributed by atoms with Gasteiger partial charge in [0.25, 0.3) is 0 Å². The van der Waals surface area contributed by atoms with Gasteiger partial charge in [-0.05, 0) is 12.1 Å². The molecular formula is C10H13NO3. The average molecular weight is 195 g/mol. The first-order chi connectivity index (χ1) is 6.74. The molecule has 0 heterocycles. The summed E-state index contributed by atoms with van der Waals surface area (Å²) in [5.74, 6) is 0.216. The van der Waals surface area contributed by atoms with Gasteiger partial charge in [0.15, 0.2) is 0 Å². The molecule has 0 aliphatic rings. The lowest BCUT2D eigenvalue weighted by Crippen LogP contribution is -2.37. The first kappa shape index (κ1) is 10.5. The minimum Gasteiger partial charge on any atom is -0.491 e. The van der Waals surface area contributed by atoms with Crippen LogP contribution in [0.4, 0.5) is 0 Å². The summed E-state index contributed by atoms with van der Waals surface area (Å²) in [5, 5.41) is 0. The lowest BCUT2D eigenvalue weighted by molar-refractivity contribution is -0.142. The summed E-state index contributed by atoms with van der Waals surface area (Å²) in [7, 11) is 1.30. The third-order valence-corrected chi connectivity index (χ3v) is 1.68. The fraction of sp³-hybridized carbons (Fsp3) is 0.300. The highest BCUT2D eigenvalue weighted by atomic mass is 16.5. The van der Waals surface area contributed by atoms with E-state index in [2.05, 4.69) is 4.74 Å². The monoisotopic (exact) mass is 195 g/mol. The van der Waals surface area contributed by atoms with Crippen LogP contribution >= 0.6 is 0 Å². The number of carbonyl (C=O) groups excluding carboxylic acids is 1. The van der Waals surface area contributed by atoms with Crippen LogP contribution in [0.25, 0.3) is 0 Å². The number of hydrogen-bond donors (Lipinski definition) is 1. The molecule has 0 amide bonds. The van der Waals surface area contributed by atoms with Gasteiger partial charge in [0.05, 0.1) is 7.11 Å². The minimum absolute atomic E-state index is 0.122. The van der Waals surface area contributed by atoms with Crippen molar-refractivity contribution in [3.05, 3.63) is 30.3 Å². The van der Waals surface area contributed by atoms with Crippen molar-refractivity contribution < 1.29 is 14.3 Å². The lowest BCUT2D eigenvalue weighted by atomic mass is 10.3. The van der Waals surface area contributed by atoms with Gasteiger partial charge in [0.2, 0.25) is 0 Å². The van der Waals surface area contributed by atoms with Crippen molar-refractivity contribution in [2.45, 2.75) is 6.04 Å². The number of rotatable bonds is 4. The van der Waals surface area contributed by atoms with Crippen LogP contribution in [0, 0.1) is 0 Å². The van der Waals surface area contributed by atoms with Crippen molar-refractivity contribution >= 4 is 5.97 Å². The fourth-order valence-electron chi connectivity index (χ4n) is 0.922.